The highest BCUT2D eigenvalue weighted by molar-refractivity contribution is 6.00. The number of anilines is 1. The van der Waals surface area contributed by atoms with Crippen LogP contribution < -0.4 is 5.32 Å². The summed E-state index contributed by atoms with van der Waals surface area (Å²) in [6.45, 7) is 0. The van der Waals surface area contributed by atoms with Gasteiger partial charge in [-0.05, 0) is 37.1 Å². The lowest BCUT2D eigenvalue weighted by molar-refractivity contribution is -0.118. The Labute approximate surface area is 137 Å². The fourth-order valence-electron chi connectivity index (χ4n) is 2.63. The van der Waals surface area contributed by atoms with Gasteiger partial charge in [-0.25, -0.2) is 9.07 Å². The lowest BCUT2D eigenvalue weighted by atomic mass is 10.0. The van der Waals surface area contributed by atoms with E-state index in [4.69, 9.17) is 0 Å². The van der Waals surface area contributed by atoms with Crippen molar-refractivity contribution in [3.8, 4) is 5.69 Å². The van der Waals surface area contributed by atoms with Crippen molar-refractivity contribution in [2.45, 2.75) is 18.3 Å². The fourth-order valence-corrected chi connectivity index (χ4v) is 2.63. The minimum Gasteiger partial charge on any atom is -0.308 e. The average molecular weight is 323 g/mol. The van der Waals surface area contributed by atoms with E-state index in [2.05, 4.69) is 20.4 Å². The summed E-state index contributed by atoms with van der Waals surface area (Å²) in [6, 6.07) is 7.67. The second-order valence-corrected chi connectivity index (χ2v) is 5.75. The van der Waals surface area contributed by atoms with Gasteiger partial charge >= 0.3 is 0 Å². The third kappa shape index (κ3) is 2.54. The van der Waals surface area contributed by atoms with Gasteiger partial charge < -0.3 is 5.32 Å². The first kappa shape index (κ1) is 14.5. The van der Waals surface area contributed by atoms with Gasteiger partial charge in [-0.2, -0.15) is 5.10 Å². The second-order valence-electron chi connectivity index (χ2n) is 5.75. The largest absolute Gasteiger partial charge is 0.308 e. The van der Waals surface area contributed by atoms with E-state index in [1.807, 2.05) is 0 Å². The molecule has 0 unspecified atom stereocenters. The summed E-state index contributed by atoms with van der Waals surface area (Å²) in [4.78, 5) is 20.9. The van der Waals surface area contributed by atoms with E-state index in [9.17, 15) is 9.18 Å². The number of hydrogen-bond acceptors (Lipinski definition) is 4. The molecule has 24 heavy (non-hydrogen) atoms. The van der Waals surface area contributed by atoms with Crippen molar-refractivity contribution < 1.29 is 9.18 Å². The van der Waals surface area contributed by atoms with E-state index in [0.29, 0.717) is 17.2 Å². The van der Waals surface area contributed by atoms with Crippen molar-refractivity contribution in [3.63, 3.8) is 0 Å². The molecule has 1 aromatic carbocycles. The number of rotatable bonds is 4. The van der Waals surface area contributed by atoms with Crippen molar-refractivity contribution >= 4 is 11.7 Å². The first-order chi connectivity index (χ1) is 11.7. The zero-order valence-electron chi connectivity index (χ0n) is 12.7. The summed E-state index contributed by atoms with van der Waals surface area (Å²) in [5.41, 5.74) is 0.793. The van der Waals surface area contributed by atoms with E-state index in [1.165, 1.54) is 12.1 Å². The number of carbonyl (C=O) groups excluding carboxylic acids is 1. The molecule has 7 heteroatoms. The number of benzene rings is 1. The summed E-state index contributed by atoms with van der Waals surface area (Å²) in [5, 5.41) is 7.14. The van der Waals surface area contributed by atoms with Crippen LogP contribution >= 0.6 is 0 Å². The monoisotopic (exact) mass is 323 g/mol. The number of halogens is 1. The van der Waals surface area contributed by atoms with Crippen LogP contribution in [0.3, 0.4) is 0 Å². The van der Waals surface area contributed by atoms with Gasteiger partial charge in [0.25, 0.3) is 0 Å². The predicted octanol–water partition coefficient (Wildman–Crippen LogP) is 2.47. The van der Waals surface area contributed by atoms with Crippen molar-refractivity contribution in [1.29, 1.82) is 0 Å². The van der Waals surface area contributed by atoms with Crippen molar-refractivity contribution in [2.24, 2.45) is 0 Å². The molecule has 0 spiro atoms. The molecular weight excluding hydrogens is 309 g/mol. The maximum absolute atomic E-state index is 13.0. The molecule has 0 atom stereocenters. The Bertz CT molecular complexity index is 872. The summed E-state index contributed by atoms with van der Waals surface area (Å²) in [5.74, 6) is 0.00549. The van der Waals surface area contributed by atoms with Gasteiger partial charge in [0.15, 0.2) is 5.82 Å². The zero-order valence-corrected chi connectivity index (χ0v) is 12.7. The molecule has 6 nitrogen and oxygen atoms in total. The second kappa shape index (κ2) is 5.52. The van der Waals surface area contributed by atoms with Crippen LogP contribution in [0.4, 0.5) is 10.2 Å². The number of hydrogen-bond donors (Lipinski definition) is 1. The Balaban J connectivity index is 1.52. The van der Waals surface area contributed by atoms with Gasteiger partial charge in [0.1, 0.15) is 5.82 Å². The first-order valence-corrected chi connectivity index (χ1v) is 7.57. The molecule has 1 fully saturated rings. The van der Waals surface area contributed by atoms with Gasteiger partial charge in [-0.15, -0.1) is 0 Å². The average Bonchev–Trinajstić information content (AvgIpc) is 3.31. The molecule has 3 aromatic rings. The van der Waals surface area contributed by atoms with E-state index in [1.54, 1.807) is 47.7 Å². The Morgan fingerprint density at radius 3 is 2.62 bits per heavy atom. The third-order valence-corrected chi connectivity index (χ3v) is 4.16. The quantitative estimate of drug-likeness (QED) is 0.800. The van der Waals surface area contributed by atoms with Crippen LogP contribution in [0.25, 0.3) is 5.69 Å². The number of nitrogens with one attached hydrogen (secondary N) is 1. The molecular formula is C17H14FN5O. The molecule has 0 bridgehead atoms. The molecule has 1 saturated carbocycles. The minimum absolute atomic E-state index is 0.132. The Hall–Kier alpha value is -3.09. The van der Waals surface area contributed by atoms with Crippen LogP contribution in [-0.4, -0.2) is 25.7 Å². The Kier molecular flexibility index (Phi) is 3.34. The molecule has 0 saturated heterocycles. The van der Waals surface area contributed by atoms with Crippen molar-refractivity contribution in [1.82, 2.24) is 19.7 Å². The van der Waals surface area contributed by atoms with E-state index in [-0.39, 0.29) is 11.7 Å². The highest BCUT2D eigenvalue weighted by Crippen LogP contribution is 2.47. The summed E-state index contributed by atoms with van der Waals surface area (Å²) >= 11 is 0. The SMILES string of the molecule is O=C(Nc1ccn(-c2ccc(F)cc2)n1)C1(c2cnccn2)CC1. The van der Waals surface area contributed by atoms with Crippen molar-refractivity contribution in [3.05, 3.63) is 66.6 Å². The highest BCUT2D eigenvalue weighted by Gasteiger charge is 2.53. The summed E-state index contributed by atoms with van der Waals surface area (Å²) < 4.78 is 14.6. The zero-order chi connectivity index (χ0) is 16.6. The molecule has 2 aromatic heterocycles. The van der Waals surface area contributed by atoms with E-state index >= 15 is 0 Å². The third-order valence-electron chi connectivity index (χ3n) is 4.16. The summed E-state index contributed by atoms with van der Waals surface area (Å²) in [6.07, 6.45) is 8.01. The molecule has 1 aliphatic rings. The molecule has 0 radical (unpaired) electrons. The maximum Gasteiger partial charge on any atom is 0.237 e. The van der Waals surface area contributed by atoms with Crippen LogP contribution in [0.2, 0.25) is 0 Å². The van der Waals surface area contributed by atoms with Crippen LogP contribution in [0.5, 0.6) is 0 Å². The van der Waals surface area contributed by atoms with Crippen LogP contribution in [0, 0.1) is 5.82 Å². The first-order valence-electron chi connectivity index (χ1n) is 7.57. The maximum atomic E-state index is 13.0. The number of amides is 1. The predicted molar refractivity (Wildman–Crippen MR) is 85.1 cm³/mol. The van der Waals surface area contributed by atoms with Gasteiger partial charge in [0.05, 0.1) is 16.8 Å². The Morgan fingerprint density at radius 1 is 1.17 bits per heavy atom. The minimum atomic E-state index is -0.603. The molecule has 120 valence electrons. The lowest BCUT2D eigenvalue weighted by Crippen LogP contribution is -2.29. The lowest BCUT2D eigenvalue weighted by Gasteiger charge is -2.12. The van der Waals surface area contributed by atoms with E-state index < -0.39 is 5.41 Å². The van der Waals surface area contributed by atoms with Gasteiger partial charge in [-0.3, -0.25) is 14.8 Å². The molecule has 1 N–H and O–H groups in total. The standard InChI is InChI=1S/C17H14FN5O/c18-12-1-3-13(4-2-12)23-10-5-15(22-23)21-16(24)17(6-7-17)14-11-19-8-9-20-14/h1-5,8-11H,6-7H2,(H,21,22,24). The molecule has 0 aliphatic heterocycles. The molecule has 1 aliphatic carbocycles. The van der Waals surface area contributed by atoms with Gasteiger partial charge in [0.2, 0.25) is 5.91 Å². The molecule has 1 amide bonds. The highest BCUT2D eigenvalue weighted by atomic mass is 19.1. The van der Waals surface area contributed by atoms with Crippen LogP contribution in [-0.2, 0) is 10.2 Å². The summed E-state index contributed by atoms with van der Waals surface area (Å²) in [7, 11) is 0. The Morgan fingerprint density at radius 2 is 1.96 bits per heavy atom. The fraction of sp³-hybridized carbons (Fsp3) is 0.176. The normalized spacial score (nSPS) is 15.0. The van der Waals surface area contributed by atoms with Crippen LogP contribution in [0.1, 0.15) is 18.5 Å². The number of carbonyl (C=O) groups is 1. The molecule has 2 heterocycles. The topological polar surface area (TPSA) is 72.7 Å². The number of aromatic nitrogens is 4. The van der Waals surface area contributed by atoms with Gasteiger partial charge in [-0.1, -0.05) is 0 Å². The number of nitrogens with zero attached hydrogens (tertiary/aromatic N) is 4. The van der Waals surface area contributed by atoms with Crippen molar-refractivity contribution in [2.75, 3.05) is 5.32 Å². The molecule has 4 rings (SSSR count). The van der Waals surface area contributed by atoms with E-state index in [0.717, 1.165) is 12.8 Å². The van der Waals surface area contributed by atoms with Gasteiger partial charge in [0, 0.05) is 30.9 Å². The smallest absolute Gasteiger partial charge is 0.237 e. The van der Waals surface area contributed by atoms with Crippen LogP contribution in [0.15, 0.2) is 55.1 Å².